The van der Waals surface area contributed by atoms with E-state index in [-0.39, 0.29) is 17.6 Å². The number of thioether (sulfide) groups is 1. The van der Waals surface area contributed by atoms with Gasteiger partial charge in [-0.25, -0.2) is 4.98 Å². The van der Waals surface area contributed by atoms with Crippen LogP contribution in [-0.2, 0) is 9.59 Å². The zero-order valence-electron chi connectivity index (χ0n) is 17.0. The van der Waals surface area contributed by atoms with Gasteiger partial charge in [0.05, 0.1) is 11.4 Å². The maximum Gasteiger partial charge on any atom is 0.321 e. The number of carbonyl (C=O) groups excluding carboxylic acids is 2. The molecular weight excluding hydrogens is 398 g/mol. The Morgan fingerprint density at radius 2 is 1.97 bits per heavy atom. The van der Waals surface area contributed by atoms with Gasteiger partial charge in [0, 0.05) is 31.0 Å². The summed E-state index contributed by atoms with van der Waals surface area (Å²) < 4.78 is 7.43. The third kappa shape index (κ3) is 4.41. The van der Waals surface area contributed by atoms with Gasteiger partial charge in [0.25, 0.3) is 0 Å². The molecule has 7 heteroatoms. The van der Waals surface area contributed by atoms with Crippen LogP contribution in [0.15, 0.2) is 60.0 Å². The molecule has 2 aromatic carbocycles. The number of rotatable bonds is 6. The maximum absolute atomic E-state index is 12.3. The van der Waals surface area contributed by atoms with Crippen LogP contribution in [-0.4, -0.2) is 33.7 Å². The molecule has 0 spiro atoms. The van der Waals surface area contributed by atoms with Gasteiger partial charge in [0.1, 0.15) is 5.75 Å². The van der Waals surface area contributed by atoms with Gasteiger partial charge in [-0.2, -0.15) is 0 Å². The van der Waals surface area contributed by atoms with E-state index in [1.807, 2.05) is 22.9 Å². The Balaban J connectivity index is 1.37. The molecule has 0 unspecified atom stereocenters. The van der Waals surface area contributed by atoms with Gasteiger partial charge >= 0.3 is 5.97 Å². The van der Waals surface area contributed by atoms with E-state index in [4.69, 9.17) is 4.74 Å². The highest BCUT2D eigenvalue weighted by atomic mass is 32.2. The minimum absolute atomic E-state index is 0.135. The van der Waals surface area contributed by atoms with E-state index in [0.29, 0.717) is 12.2 Å². The summed E-state index contributed by atoms with van der Waals surface area (Å²) in [6.45, 7) is 4.84. The fourth-order valence-electron chi connectivity index (χ4n) is 3.46. The van der Waals surface area contributed by atoms with Crippen LogP contribution in [0.25, 0.3) is 5.69 Å². The minimum atomic E-state index is -0.347. The predicted molar refractivity (Wildman–Crippen MR) is 117 cm³/mol. The lowest BCUT2D eigenvalue weighted by Gasteiger charge is -2.15. The molecule has 0 aliphatic carbocycles. The van der Waals surface area contributed by atoms with Crippen molar-refractivity contribution in [3.05, 3.63) is 66.0 Å². The molecule has 1 fully saturated rings. The van der Waals surface area contributed by atoms with Gasteiger partial charge in [-0.3, -0.25) is 14.2 Å². The Morgan fingerprint density at radius 1 is 1.17 bits per heavy atom. The standard InChI is InChI=1S/C23H23N3O3S/c1-16-5-6-17(2)20(14-16)26-13-11-24-23(26)30-15-22(28)29-19-9-7-18(8-10-19)25-12-3-4-21(25)27/h5-11,13-14H,3-4,12,15H2,1-2H3. The summed E-state index contributed by atoms with van der Waals surface area (Å²) in [5.74, 6) is 0.402. The van der Waals surface area contributed by atoms with E-state index in [1.165, 1.54) is 17.3 Å². The fraction of sp³-hybridized carbons (Fsp3) is 0.261. The van der Waals surface area contributed by atoms with E-state index in [0.717, 1.165) is 35.1 Å². The molecule has 0 atom stereocenters. The van der Waals surface area contributed by atoms with Gasteiger partial charge in [0.2, 0.25) is 5.91 Å². The van der Waals surface area contributed by atoms with Crippen molar-refractivity contribution in [1.82, 2.24) is 9.55 Å². The van der Waals surface area contributed by atoms with Gasteiger partial charge in [-0.1, -0.05) is 23.9 Å². The normalized spacial score (nSPS) is 13.7. The molecule has 3 aromatic rings. The quantitative estimate of drug-likeness (QED) is 0.337. The van der Waals surface area contributed by atoms with Crippen molar-refractivity contribution in [1.29, 1.82) is 0 Å². The van der Waals surface area contributed by atoms with Crippen LogP contribution in [0, 0.1) is 13.8 Å². The number of anilines is 1. The first-order chi connectivity index (χ1) is 14.5. The first kappa shape index (κ1) is 20.2. The maximum atomic E-state index is 12.3. The topological polar surface area (TPSA) is 64.4 Å². The van der Waals surface area contributed by atoms with Gasteiger partial charge in [0.15, 0.2) is 5.16 Å². The minimum Gasteiger partial charge on any atom is -0.426 e. The number of esters is 1. The number of amides is 1. The summed E-state index contributed by atoms with van der Waals surface area (Å²) in [5.41, 5.74) is 4.19. The van der Waals surface area contributed by atoms with Crippen molar-refractivity contribution in [3.8, 4) is 11.4 Å². The number of benzene rings is 2. The molecule has 30 heavy (non-hydrogen) atoms. The van der Waals surface area contributed by atoms with Gasteiger partial charge < -0.3 is 9.64 Å². The molecule has 1 amide bonds. The van der Waals surface area contributed by atoms with Crippen LogP contribution in [0.5, 0.6) is 5.75 Å². The number of hydrogen-bond acceptors (Lipinski definition) is 5. The van der Waals surface area contributed by atoms with E-state index in [2.05, 4.69) is 37.0 Å². The number of aromatic nitrogens is 2. The third-order valence-electron chi connectivity index (χ3n) is 5.00. The second-order valence-electron chi connectivity index (χ2n) is 7.28. The highest BCUT2D eigenvalue weighted by molar-refractivity contribution is 7.99. The van der Waals surface area contributed by atoms with Crippen molar-refractivity contribution in [2.75, 3.05) is 17.2 Å². The molecule has 0 N–H and O–H groups in total. The lowest BCUT2D eigenvalue weighted by Crippen LogP contribution is -2.23. The van der Waals surface area contributed by atoms with Crippen molar-refractivity contribution < 1.29 is 14.3 Å². The van der Waals surface area contributed by atoms with Crippen LogP contribution in [0.2, 0.25) is 0 Å². The molecule has 0 radical (unpaired) electrons. The Labute approximate surface area is 179 Å². The summed E-state index contributed by atoms with van der Waals surface area (Å²) in [6.07, 6.45) is 5.10. The summed E-state index contributed by atoms with van der Waals surface area (Å²) in [5, 5.41) is 0.739. The SMILES string of the molecule is Cc1ccc(C)c(-n2ccnc2SCC(=O)Oc2ccc(N3CCCC3=O)cc2)c1. The van der Waals surface area contributed by atoms with Crippen molar-refractivity contribution in [2.45, 2.75) is 31.8 Å². The van der Waals surface area contributed by atoms with Crippen LogP contribution in [0.3, 0.4) is 0 Å². The first-order valence-corrected chi connectivity index (χ1v) is 10.8. The molecule has 1 aliphatic rings. The number of carbonyl (C=O) groups is 2. The number of hydrogen-bond donors (Lipinski definition) is 0. The summed E-state index contributed by atoms with van der Waals surface area (Å²) >= 11 is 1.34. The summed E-state index contributed by atoms with van der Waals surface area (Å²) in [7, 11) is 0. The zero-order valence-corrected chi connectivity index (χ0v) is 17.8. The van der Waals surface area contributed by atoms with Crippen molar-refractivity contribution in [2.24, 2.45) is 0 Å². The molecule has 1 aromatic heterocycles. The number of aryl methyl sites for hydroxylation is 2. The van der Waals surface area contributed by atoms with Gasteiger partial charge in [-0.05, 0) is 61.7 Å². The molecule has 0 bridgehead atoms. The summed E-state index contributed by atoms with van der Waals surface area (Å²) in [4.78, 5) is 30.3. The number of nitrogens with zero attached hydrogens (tertiary/aromatic N) is 3. The van der Waals surface area contributed by atoms with E-state index >= 15 is 0 Å². The smallest absolute Gasteiger partial charge is 0.321 e. The second kappa shape index (κ2) is 8.75. The van der Waals surface area contributed by atoms with Crippen LogP contribution >= 0.6 is 11.8 Å². The average Bonchev–Trinajstić information content (AvgIpc) is 3.38. The highest BCUT2D eigenvalue weighted by Gasteiger charge is 2.21. The molecule has 0 saturated carbocycles. The molecule has 2 heterocycles. The zero-order chi connectivity index (χ0) is 21.1. The highest BCUT2D eigenvalue weighted by Crippen LogP contribution is 2.26. The molecule has 6 nitrogen and oxygen atoms in total. The predicted octanol–water partition coefficient (Wildman–Crippen LogP) is 4.31. The first-order valence-electron chi connectivity index (χ1n) is 9.86. The molecular formula is C23H23N3O3S. The van der Waals surface area contributed by atoms with Crippen LogP contribution in [0.4, 0.5) is 5.69 Å². The largest absolute Gasteiger partial charge is 0.426 e. The molecule has 4 rings (SSSR count). The Hall–Kier alpha value is -3.06. The Kier molecular flexibility index (Phi) is 5.90. The molecule has 1 aliphatic heterocycles. The van der Waals surface area contributed by atoms with Crippen LogP contribution in [0.1, 0.15) is 24.0 Å². The Morgan fingerprint density at radius 3 is 2.70 bits per heavy atom. The van der Waals surface area contributed by atoms with E-state index in [1.54, 1.807) is 23.2 Å². The van der Waals surface area contributed by atoms with E-state index in [9.17, 15) is 9.59 Å². The van der Waals surface area contributed by atoms with Gasteiger partial charge in [-0.15, -0.1) is 0 Å². The monoisotopic (exact) mass is 421 g/mol. The average molecular weight is 422 g/mol. The van der Waals surface area contributed by atoms with Crippen molar-refractivity contribution in [3.63, 3.8) is 0 Å². The summed E-state index contributed by atoms with van der Waals surface area (Å²) in [6, 6.07) is 13.3. The molecule has 1 saturated heterocycles. The van der Waals surface area contributed by atoms with Crippen LogP contribution < -0.4 is 9.64 Å². The third-order valence-corrected chi connectivity index (χ3v) is 5.94. The second-order valence-corrected chi connectivity index (χ2v) is 8.22. The molecule has 154 valence electrons. The lowest BCUT2D eigenvalue weighted by molar-refractivity contribution is -0.131. The Bertz CT molecular complexity index is 1080. The number of ether oxygens (including phenoxy) is 1. The van der Waals surface area contributed by atoms with E-state index < -0.39 is 0 Å². The van der Waals surface area contributed by atoms with Crippen molar-refractivity contribution >= 4 is 29.3 Å². The lowest BCUT2D eigenvalue weighted by atomic mass is 10.1. The number of imidazole rings is 1. The fourth-order valence-corrected chi connectivity index (χ4v) is 4.20.